The van der Waals surface area contributed by atoms with Crippen LogP contribution in [0.1, 0.15) is 44.4 Å². The number of hydrogen-bond acceptors (Lipinski definition) is 4. The predicted octanol–water partition coefficient (Wildman–Crippen LogP) is 2.74. The van der Waals surface area contributed by atoms with E-state index < -0.39 is 6.10 Å². The number of rotatable bonds is 6. The molecule has 2 atom stereocenters. The predicted molar refractivity (Wildman–Crippen MR) is 75.1 cm³/mol. The highest BCUT2D eigenvalue weighted by atomic mass is 16.6. The first-order valence-corrected chi connectivity index (χ1v) is 6.69. The van der Waals surface area contributed by atoms with Crippen molar-refractivity contribution in [1.29, 1.82) is 0 Å². The Morgan fingerprint density at radius 2 is 2.05 bits per heavy atom. The molecule has 0 amide bonds. The van der Waals surface area contributed by atoms with Gasteiger partial charge in [-0.3, -0.25) is 0 Å². The van der Waals surface area contributed by atoms with Crippen LogP contribution in [0.2, 0.25) is 0 Å². The molecule has 106 valence electrons. The van der Waals surface area contributed by atoms with Crippen LogP contribution in [0.5, 0.6) is 5.75 Å². The smallest absolute Gasteiger partial charge is 0.347 e. The first-order valence-electron chi connectivity index (χ1n) is 6.69. The number of ether oxygens (including phenoxy) is 2. The Hall–Kier alpha value is -1.55. The molecule has 0 saturated heterocycles. The third-order valence-corrected chi connectivity index (χ3v) is 2.85. The zero-order valence-corrected chi connectivity index (χ0v) is 12.1. The average Bonchev–Trinajstić information content (AvgIpc) is 2.35. The second-order valence-corrected chi connectivity index (χ2v) is 4.60. The molecule has 0 heterocycles. The van der Waals surface area contributed by atoms with E-state index in [1.165, 1.54) is 0 Å². The van der Waals surface area contributed by atoms with Gasteiger partial charge >= 0.3 is 5.97 Å². The lowest BCUT2D eigenvalue weighted by Crippen LogP contribution is -2.29. The number of hydrogen-bond donors (Lipinski definition) is 1. The summed E-state index contributed by atoms with van der Waals surface area (Å²) < 4.78 is 10.8. The lowest BCUT2D eigenvalue weighted by molar-refractivity contribution is -0.151. The Morgan fingerprint density at radius 1 is 1.37 bits per heavy atom. The van der Waals surface area contributed by atoms with Crippen molar-refractivity contribution in [2.75, 3.05) is 6.61 Å². The van der Waals surface area contributed by atoms with Crippen molar-refractivity contribution >= 4 is 5.97 Å². The molecule has 0 aromatic heterocycles. The van der Waals surface area contributed by atoms with Crippen LogP contribution in [0.3, 0.4) is 0 Å². The second kappa shape index (κ2) is 7.14. The van der Waals surface area contributed by atoms with Gasteiger partial charge in [0, 0.05) is 11.6 Å². The van der Waals surface area contributed by atoms with E-state index in [0.29, 0.717) is 18.8 Å². The number of carbonyl (C=O) groups is 1. The summed E-state index contributed by atoms with van der Waals surface area (Å²) in [7, 11) is 0. The molecule has 1 aromatic rings. The Bertz CT molecular complexity index is 429. The van der Waals surface area contributed by atoms with Crippen molar-refractivity contribution in [1.82, 2.24) is 0 Å². The van der Waals surface area contributed by atoms with Crippen LogP contribution in [0.25, 0.3) is 0 Å². The molecule has 1 aromatic carbocycles. The van der Waals surface area contributed by atoms with Gasteiger partial charge in [0.15, 0.2) is 6.10 Å². The molecule has 0 bridgehead atoms. The van der Waals surface area contributed by atoms with E-state index in [9.17, 15) is 4.79 Å². The van der Waals surface area contributed by atoms with Gasteiger partial charge in [0.05, 0.1) is 6.61 Å². The minimum Gasteiger partial charge on any atom is -0.478 e. The minimum atomic E-state index is -0.584. The van der Waals surface area contributed by atoms with Crippen molar-refractivity contribution in [2.45, 2.75) is 46.3 Å². The fraction of sp³-hybridized carbons (Fsp3) is 0.533. The summed E-state index contributed by atoms with van der Waals surface area (Å²) in [6.07, 6.45) is -0.0233. The average molecular weight is 265 g/mol. The fourth-order valence-electron chi connectivity index (χ4n) is 1.81. The van der Waals surface area contributed by atoms with Crippen molar-refractivity contribution in [3.63, 3.8) is 0 Å². The van der Waals surface area contributed by atoms with Crippen LogP contribution in [-0.4, -0.2) is 18.7 Å². The monoisotopic (exact) mass is 265 g/mol. The third kappa shape index (κ3) is 4.24. The number of esters is 1. The van der Waals surface area contributed by atoms with E-state index in [-0.39, 0.29) is 12.0 Å². The van der Waals surface area contributed by atoms with E-state index in [1.807, 2.05) is 39.0 Å². The van der Waals surface area contributed by atoms with E-state index in [2.05, 4.69) is 0 Å². The molecule has 0 aliphatic heterocycles. The molecule has 19 heavy (non-hydrogen) atoms. The maximum atomic E-state index is 11.8. The Morgan fingerprint density at radius 3 is 2.58 bits per heavy atom. The zero-order valence-electron chi connectivity index (χ0n) is 12.1. The van der Waals surface area contributed by atoms with Gasteiger partial charge in [0.25, 0.3) is 0 Å². The van der Waals surface area contributed by atoms with Crippen LogP contribution in [0, 0.1) is 6.92 Å². The quantitative estimate of drug-likeness (QED) is 0.803. The number of nitrogens with two attached hydrogens (primary N) is 1. The number of benzene rings is 1. The maximum Gasteiger partial charge on any atom is 0.347 e. The largest absolute Gasteiger partial charge is 0.478 e. The lowest BCUT2D eigenvalue weighted by atomic mass is 10.1. The summed E-state index contributed by atoms with van der Waals surface area (Å²) in [6, 6.07) is 5.68. The molecular formula is C15H23NO3. The summed E-state index contributed by atoms with van der Waals surface area (Å²) in [6.45, 7) is 7.90. The van der Waals surface area contributed by atoms with Crippen LogP contribution >= 0.6 is 0 Å². The van der Waals surface area contributed by atoms with Crippen LogP contribution in [0.4, 0.5) is 0 Å². The molecular weight excluding hydrogens is 242 g/mol. The molecule has 0 aliphatic carbocycles. The van der Waals surface area contributed by atoms with Gasteiger partial charge in [-0.1, -0.05) is 19.1 Å². The van der Waals surface area contributed by atoms with Crippen LogP contribution in [-0.2, 0) is 9.53 Å². The molecule has 0 saturated carbocycles. The summed E-state index contributed by atoms with van der Waals surface area (Å²) in [5, 5.41) is 0. The summed E-state index contributed by atoms with van der Waals surface area (Å²) >= 11 is 0. The first kappa shape index (κ1) is 15.5. The highest BCUT2D eigenvalue weighted by molar-refractivity contribution is 5.75. The van der Waals surface area contributed by atoms with E-state index in [4.69, 9.17) is 15.2 Å². The van der Waals surface area contributed by atoms with E-state index in [1.54, 1.807) is 6.92 Å². The Kier molecular flexibility index (Phi) is 5.83. The molecule has 0 spiro atoms. The molecule has 1 rings (SSSR count). The first-order chi connectivity index (χ1) is 8.99. The van der Waals surface area contributed by atoms with Gasteiger partial charge in [0.2, 0.25) is 0 Å². The van der Waals surface area contributed by atoms with Gasteiger partial charge in [-0.25, -0.2) is 4.79 Å². The lowest BCUT2D eigenvalue weighted by Gasteiger charge is -2.20. The summed E-state index contributed by atoms with van der Waals surface area (Å²) in [5.74, 6) is 0.331. The molecule has 4 heteroatoms. The van der Waals surface area contributed by atoms with Gasteiger partial charge in [-0.2, -0.15) is 0 Å². The van der Waals surface area contributed by atoms with Crippen molar-refractivity contribution in [2.24, 2.45) is 5.73 Å². The zero-order chi connectivity index (χ0) is 14.4. The topological polar surface area (TPSA) is 61.5 Å². The third-order valence-electron chi connectivity index (χ3n) is 2.85. The van der Waals surface area contributed by atoms with Gasteiger partial charge < -0.3 is 15.2 Å². The Balaban J connectivity index is 2.95. The molecule has 4 nitrogen and oxygen atoms in total. The van der Waals surface area contributed by atoms with E-state index in [0.717, 1.165) is 11.1 Å². The van der Waals surface area contributed by atoms with Gasteiger partial charge in [-0.15, -0.1) is 0 Å². The van der Waals surface area contributed by atoms with E-state index >= 15 is 0 Å². The molecule has 0 fully saturated rings. The summed E-state index contributed by atoms with van der Waals surface area (Å²) in [5.41, 5.74) is 7.88. The van der Waals surface area contributed by atoms with Crippen molar-refractivity contribution in [3.05, 3.63) is 29.3 Å². The highest BCUT2D eigenvalue weighted by Crippen LogP contribution is 2.26. The maximum absolute atomic E-state index is 11.8. The summed E-state index contributed by atoms with van der Waals surface area (Å²) in [4.78, 5) is 11.8. The Labute approximate surface area is 114 Å². The highest BCUT2D eigenvalue weighted by Gasteiger charge is 2.21. The molecule has 1 unspecified atom stereocenters. The normalized spacial score (nSPS) is 13.7. The van der Waals surface area contributed by atoms with Crippen molar-refractivity contribution < 1.29 is 14.3 Å². The van der Waals surface area contributed by atoms with Gasteiger partial charge in [0.1, 0.15) is 5.75 Å². The molecule has 0 radical (unpaired) electrons. The van der Waals surface area contributed by atoms with Crippen LogP contribution < -0.4 is 10.5 Å². The van der Waals surface area contributed by atoms with Crippen LogP contribution in [0.15, 0.2) is 18.2 Å². The number of aryl methyl sites for hydroxylation is 1. The molecule has 0 aliphatic rings. The van der Waals surface area contributed by atoms with Crippen molar-refractivity contribution in [3.8, 4) is 5.75 Å². The SMILES string of the molecule is CCOC(=O)C(CC)Oc1cc(C)ccc1[C@H](C)N. The number of carbonyl (C=O) groups excluding carboxylic acids is 1. The van der Waals surface area contributed by atoms with Gasteiger partial charge in [-0.05, 0) is 38.8 Å². The second-order valence-electron chi connectivity index (χ2n) is 4.60. The minimum absolute atomic E-state index is 0.143. The molecule has 2 N–H and O–H groups in total. The fourth-order valence-corrected chi connectivity index (χ4v) is 1.81. The standard InChI is InChI=1S/C15H23NO3/c1-5-13(15(17)18-6-2)19-14-9-10(3)7-8-12(14)11(4)16/h7-9,11,13H,5-6,16H2,1-4H3/t11-,13?/m0/s1.